The van der Waals surface area contributed by atoms with Gasteiger partial charge >= 0.3 is 0 Å². The van der Waals surface area contributed by atoms with Crippen molar-refractivity contribution in [3.05, 3.63) is 29.3 Å². The van der Waals surface area contributed by atoms with Crippen LogP contribution in [-0.2, 0) is 10.2 Å². The van der Waals surface area contributed by atoms with Gasteiger partial charge in [-0.05, 0) is 38.2 Å². The third-order valence-electron chi connectivity index (χ3n) is 4.96. The average molecular weight is 475 g/mol. The van der Waals surface area contributed by atoms with Crippen molar-refractivity contribution in [3.63, 3.8) is 0 Å². The molecule has 1 saturated heterocycles. The quantitative estimate of drug-likeness (QED) is 0.359. The zero-order valence-corrected chi connectivity index (χ0v) is 18.8. The highest BCUT2D eigenvalue weighted by atomic mass is 127. The first kappa shape index (κ1) is 23.0. The lowest BCUT2D eigenvalue weighted by molar-refractivity contribution is 0.0522. The van der Waals surface area contributed by atoms with Gasteiger partial charge in [-0.3, -0.25) is 4.99 Å². The normalized spacial score (nSPS) is 16.9. The highest BCUT2D eigenvalue weighted by Gasteiger charge is 2.37. The molecule has 3 N–H and O–H groups in total. The van der Waals surface area contributed by atoms with Crippen molar-refractivity contribution in [2.45, 2.75) is 45.4 Å². The second kappa shape index (κ2) is 11.0. The van der Waals surface area contributed by atoms with Crippen LogP contribution >= 0.6 is 24.0 Å². The molecule has 1 aliphatic heterocycles. The van der Waals surface area contributed by atoms with Crippen LogP contribution < -0.4 is 15.8 Å². The van der Waals surface area contributed by atoms with Gasteiger partial charge in [-0.15, -0.1) is 24.0 Å². The van der Waals surface area contributed by atoms with Gasteiger partial charge in [0.15, 0.2) is 5.96 Å². The fraction of sp³-hybridized carbons (Fsp3) is 0.650. The van der Waals surface area contributed by atoms with E-state index in [0.717, 1.165) is 44.8 Å². The minimum Gasteiger partial charge on any atom is -0.496 e. The standard InChI is InChI=1S/C20H33N3O2.HI/c1-15(2)7-10-22-19(21)23-14-20(8-11-25-12-9-20)17-13-16(3)5-6-18(17)24-4;/h5-6,13,15H,7-12,14H2,1-4H3,(H3,21,22,23);1H. The van der Waals surface area contributed by atoms with Crippen molar-refractivity contribution in [1.82, 2.24) is 5.32 Å². The van der Waals surface area contributed by atoms with Crippen LogP contribution in [-0.4, -0.2) is 39.4 Å². The zero-order chi connectivity index (χ0) is 18.3. The minimum absolute atomic E-state index is 0. The lowest BCUT2D eigenvalue weighted by Crippen LogP contribution is -2.40. The summed E-state index contributed by atoms with van der Waals surface area (Å²) in [5, 5.41) is 3.23. The summed E-state index contributed by atoms with van der Waals surface area (Å²) in [5.41, 5.74) is 8.46. The number of hydrogen-bond donors (Lipinski definition) is 2. The molecule has 26 heavy (non-hydrogen) atoms. The summed E-state index contributed by atoms with van der Waals surface area (Å²) in [6.45, 7) is 9.52. The predicted molar refractivity (Wildman–Crippen MR) is 119 cm³/mol. The molecule has 0 unspecified atom stereocenters. The SMILES string of the molecule is COc1ccc(C)cc1C1(CN=C(N)NCCC(C)C)CCOCC1.I. The monoisotopic (exact) mass is 475 g/mol. The zero-order valence-electron chi connectivity index (χ0n) is 16.5. The van der Waals surface area contributed by atoms with Crippen molar-refractivity contribution < 1.29 is 9.47 Å². The molecule has 0 aromatic heterocycles. The highest BCUT2D eigenvalue weighted by molar-refractivity contribution is 14.0. The maximum Gasteiger partial charge on any atom is 0.188 e. The maximum absolute atomic E-state index is 6.09. The second-order valence-corrected chi connectivity index (χ2v) is 7.41. The lowest BCUT2D eigenvalue weighted by atomic mass is 9.73. The molecule has 6 heteroatoms. The number of aliphatic imine (C=N–C) groups is 1. The predicted octanol–water partition coefficient (Wildman–Crippen LogP) is 3.62. The first-order valence-corrected chi connectivity index (χ1v) is 9.23. The number of benzene rings is 1. The molecule has 0 radical (unpaired) electrons. The molecule has 148 valence electrons. The van der Waals surface area contributed by atoms with E-state index < -0.39 is 0 Å². The summed E-state index contributed by atoms with van der Waals surface area (Å²) >= 11 is 0. The third-order valence-corrected chi connectivity index (χ3v) is 4.96. The molecule has 1 aromatic carbocycles. The van der Waals surface area contributed by atoms with Crippen LogP contribution in [0.2, 0.25) is 0 Å². The van der Waals surface area contributed by atoms with Gasteiger partial charge < -0.3 is 20.5 Å². The number of methoxy groups -OCH3 is 1. The summed E-state index contributed by atoms with van der Waals surface area (Å²) in [7, 11) is 1.73. The number of guanidine groups is 1. The van der Waals surface area contributed by atoms with Crippen LogP contribution in [0.1, 0.15) is 44.2 Å². The number of rotatable bonds is 7. The molecule has 1 heterocycles. The number of halogens is 1. The largest absolute Gasteiger partial charge is 0.496 e. The summed E-state index contributed by atoms with van der Waals surface area (Å²) in [5.74, 6) is 2.10. The van der Waals surface area contributed by atoms with E-state index in [1.165, 1.54) is 11.1 Å². The van der Waals surface area contributed by atoms with Gasteiger partial charge in [-0.1, -0.05) is 31.5 Å². The van der Waals surface area contributed by atoms with Crippen LogP contribution in [0.25, 0.3) is 0 Å². The Morgan fingerprint density at radius 1 is 1.35 bits per heavy atom. The van der Waals surface area contributed by atoms with Gasteiger partial charge in [0, 0.05) is 30.7 Å². The number of ether oxygens (including phenoxy) is 2. The first-order valence-electron chi connectivity index (χ1n) is 9.23. The molecule has 0 aliphatic carbocycles. The number of nitrogens with one attached hydrogen (secondary N) is 1. The number of nitrogens with zero attached hydrogens (tertiary/aromatic N) is 1. The summed E-state index contributed by atoms with van der Waals surface area (Å²) < 4.78 is 11.3. The Balaban J connectivity index is 0.00000338. The Morgan fingerprint density at radius 2 is 2.04 bits per heavy atom. The Morgan fingerprint density at radius 3 is 2.65 bits per heavy atom. The Kier molecular flexibility index (Phi) is 9.71. The molecule has 1 aliphatic rings. The van der Waals surface area contributed by atoms with E-state index in [0.29, 0.717) is 18.4 Å². The van der Waals surface area contributed by atoms with Gasteiger partial charge in [0.1, 0.15) is 5.75 Å². The van der Waals surface area contributed by atoms with Crippen molar-refractivity contribution in [2.75, 3.05) is 33.4 Å². The lowest BCUT2D eigenvalue weighted by Gasteiger charge is -2.37. The topological polar surface area (TPSA) is 68.9 Å². The van der Waals surface area contributed by atoms with Gasteiger partial charge in [-0.25, -0.2) is 0 Å². The smallest absolute Gasteiger partial charge is 0.188 e. The van der Waals surface area contributed by atoms with Crippen molar-refractivity contribution in [3.8, 4) is 5.75 Å². The Hall–Kier alpha value is -1.02. The molecule has 0 bridgehead atoms. The summed E-state index contributed by atoms with van der Waals surface area (Å²) in [4.78, 5) is 4.67. The summed E-state index contributed by atoms with van der Waals surface area (Å²) in [6.07, 6.45) is 2.94. The molecule has 0 saturated carbocycles. The molecule has 1 aromatic rings. The van der Waals surface area contributed by atoms with Crippen LogP contribution in [0.15, 0.2) is 23.2 Å². The molecule has 1 fully saturated rings. The van der Waals surface area contributed by atoms with Crippen LogP contribution in [0, 0.1) is 12.8 Å². The van der Waals surface area contributed by atoms with E-state index in [1.54, 1.807) is 7.11 Å². The van der Waals surface area contributed by atoms with Crippen molar-refractivity contribution in [1.29, 1.82) is 0 Å². The Labute approximate surface area is 175 Å². The second-order valence-electron chi connectivity index (χ2n) is 7.41. The molecule has 0 atom stereocenters. The maximum atomic E-state index is 6.09. The molecular formula is C20H34IN3O2. The van der Waals surface area contributed by atoms with Crippen molar-refractivity contribution in [2.24, 2.45) is 16.6 Å². The van der Waals surface area contributed by atoms with Gasteiger partial charge in [0.2, 0.25) is 0 Å². The van der Waals surface area contributed by atoms with E-state index in [1.807, 2.05) is 0 Å². The third kappa shape index (κ3) is 6.30. The van der Waals surface area contributed by atoms with E-state index in [9.17, 15) is 0 Å². The van der Waals surface area contributed by atoms with Gasteiger partial charge in [0.25, 0.3) is 0 Å². The fourth-order valence-corrected chi connectivity index (χ4v) is 3.29. The van der Waals surface area contributed by atoms with Crippen LogP contribution in [0.5, 0.6) is 5.75 Å². The van der Waals surface area contributed by atoms with Crippen molar-refractivity contribution >= 4 is 29.9 Å². The average Bonchev–Trinajstić information content (AvgIpc) is 2.60. The molecule has 5 nitrogen and oxygen atoms in total. The molecular weight excluding hydrogens is 441 g/mol. The van der Waals surface area contributed by atoms with E-state index in [2.05, 4.69) is 49.3 Å². The highest BCUT2D eigenvalue weighted by Crippen LogP contribution is 2.40. The van der Waals surface area contributed by atoms with E-state index in [-0.39, 0.29) is 29.4 Å². The van der Waals surface area contributed by atoms with E-state index >= 15 is 0 Å². The number of nitrogens with two attached hydrogens (primary N) is 1. The van der Waals surface area contributed by atoms with Crippen LogP contribution in [0.4, 0.5) is 0 Å². The molecule has 0 spiro atoms. The van der Waals surface area contributed by atoms with E-state index in [4.69, 9.17) is 15.2 Å². The van der Waals surface area contributed by atoms with Crippen LogP contribution in [0.3, 0.4) is 0 Å². The fourth-order valence-electron chi connectivity index (χ4n) is 3.29. The first-order chi connectivity index (χ1) is 12.0. The van der Waals surface area contributed by atoms with Gasteiger partial charge in [-0.2, -0.15) is 0 Å². The molecule has 2 rings (SSSR count). The number of hydrogen-bond acceptors (Lipinski definition) is 3. The Bertz CT molecular complexity index is 584. The number of aryl methyl sites for hydroxylation is 1. The molecule has 0 amide bonds. The summed E-state index contributed by atoms with van der Waals surface area (Å²) in [6, 6.07) is 6.36. The van der Waals surface area contributed by atoms with Gasteiger partial charge in [0.05, 0.1) is 13.7 Å². The minimum atomic E-state index is -0.0834.